The van der Waals surface area contributed by atoms with Crippen LogP contribution in [0.5, 0.6) is 0 Å². The van der Waals surface area contributed by atoms with Gasteiger partial charge in [-0.05, 0) is 25.5 Å². The minimum atomic E-state index is 0.981. The van der Waals surface area contributed by atoms with Gasteiger partial charge in [-0.25, -0.2) is 0 Å². The highest BCUT2D eigenvalue weighted by molar-refractivity contribution is 7.97. The van der Waals surface area contributed by atoms with E-state index in [-0.39, 0.29) is 0 Å². The maximum atomic E-state index is 5.05. The fraction of sp³-hybridized carbons (Fsp3) is 0.333. The minimum Gasteiger partial charge on any atom is -0.426 e. The minimum absolute atomic E-state index is 0.981. The van der Waals surface area contributed by atoms with Crippen LogP contribution in [0.4, 0.5) is 0 Å². The molecule has 0 fully saturated rings. The van der Waals surface area contributed by atoms with Crippen LogP contribution in [-0.2, 0) is 4.18 Å². The normalized spacial score (nSPS) is 18.8. The lowest BCUT2D eigenvalue weighted by atomic mass is 10.3. The quantitative estimate of drug-likeness (QED) is 0.463. The van der Waals surface area contributed by atoms with Gasteiger partial charge in [0.15, 0.2) is 0 Å². The van der Waals surface area contributed by atoms with Gasteiger partial charge in [0.25, 0.3) is 0 Å². The summed E-state index contributed by atoms with van der Waals surface area (Å²) in [7, 11) is 0. The smallest absolute Gasteiger partial charge is 0.112 e. The molecule has 1 aliphatic heterocycles. The third-order valence-corrected chi connectivity index (χ3v) is 1.67. The molecular weight excluding hydrogens is 120 g/mol. The second-order valence-electron chi connectivity index (χ2n) is 1.80. The monoisotopic (exact) mass is 128 g/mol. The van der Waals surface area contributed by atoms with E-state index < -0.39 is 0 Å². The predicted molar refractivity (Wildman–Crippen MR) is 36.2 cm³/mol. The van der Waals surface area contributed by atoms with Crippen LogP contribution in [0.25, 0.3) is 0 Å². The van der Waals surface area contributed by atoms with E-state index in [1.54, 1.807) is 0 Å². The Labute approximate surface area is 53.6 Å². The van der Waals surface area contributed by atoms with E-state index in [1.165, 1.54) is 17.6 Å². The summed E-state index contributed by atoms with van der Waals surface area (Å²) in [4.78, 5) is 0. The fourth-order valence-corrected chi connectivity index (χ4v) is 1.02. The van der Waals surface area contributed by atoms with E-state index in [2.05, 4.69) is 6.92 Å². The first-order valence-electron chi connectivity index (χ1n) is 2.47. The molecule has 1 aliphatic rings. The van der Waals surface area contributed by atoms with Gasteiger partial charge in [0.1, 0.15) is 5.76 Å². The van der Waals surface area contributed by atoms with Crippen molar-refractivity contribution in [1.29, 1.82) is 0 Å². The Morgan fingerprint density at radius 2 is 2.25 bits per heavy atom. The van der Waals surface area contributed by atoms with Crippen LogP contribution in [0.15, 0.2) is 22.8 Å². The van der Waals surface area contributed by atoms with Gasteiger partial charge in [0, 0.05) is 5.41 Å². The van der Waals surface area contributed by atoms with Crippen molar-refractivity contribution in [2.45, 2.75) is 13.8 Å². The molecule has 2 heteroatoms. The molecule has 1 heterocycles. The Bertz CT molecular complexity index is 147. The van der Waals surface area contributed by atoms with Crippen molar-refractivity contribution in [1.82, 2.24) is 0 Å². The van der Waals surface area contributed by atoms with Crippen molar-refractivity contribution in [2.24, 2.45) is 0 Å². The van der Waals surface area contributed by atoms with Crippen molar-refractivity contribution >= 4 is 12.0 Å². The summed E-state index contributed by atoms with van der Waals surface area (Å²) in [6.45, 7) is 4.00. The first-order valence-corrected chi connectivity index (χ1v) is 3.28. The van der Waals surface area contributed by atoms with Gasteiger partial charge < -0.3 is 4.18 Å². The molecule has 0 saturated heterocycles. The molecule has 1 rings (SSSR count). The summed E-state index contributed by atoms with van der Waals surface area (Å²) >= 11 is 1.38. The third-order valence-electron chi connectivity index (χ3n) is 0.844. The van der Waals surface area contributed by atoms with Crippen LogP contribution >= 0.6 is 12.0 Å². The van der Waals surface area contributed by atoms with Gasteiger partial charge in [-0.2, -0.15) is 0 Å². The predicted octanol–water partition coefficient (Wildman–Crippen LogP) is 2.47. The molecule has 0 aromatic rings. The topological polar surface area (TPSA) is 9.23 Å². The molecule has 1 nitrogen and oxygen atoms in total. The molecule has 0 bridgehead atoms. The molecule has 0 atom stereocenters. The molecule has 0 radical (unpaired) electrons. The summed E-state index contributed by atoms with van der Waals surface area (Å²) < 4.78 is 5.05. The molecule has 0 N–H and O–H groups in total. The van der Waals surface area contributed by atoms with E-state index in [0.717, 1.165) is 5.76 Å². The van der Waals surface area contributed by atoms with Crippen molar-refractivity contribution in [2.75, 3.05) is 0 Å². The Balaban J connectivity index is 2.69. The van der Waals surface area contributed by atoms with Crippen molar-refractivity contribution < 1.29 is 4.18 Å². The van der Waals surface area contributed by atoms with Crippen LogP contribution in [0.1, 0.15) is 13.8 Å². The Kier molecular flexibility index (Phi) is 1.63. The number of hydrogen-bond acceptors (Lipinski definition) is 2. The van der Waals surface area contributed by atoms with E-state index in [4.69, 9.17) is 4.18 Å². The zero-order valence-electron chi connectivity index (χ0n) is 4.97. The first-order chi connectivity index (χ1) is 3.79. The maximum Gasteiger partial charge on any atom is 0.112 e. The molecule has 8 heavy (non-hydrogen) atoms. The Morgan fingerprint density at radius 3 is 2.62 bits per heavy atom. The Hall–Kier alpha value is -0.370. The SMILES string of the molecule is CC1=CSOC(C)=C1. The molecule has 44 valence electrons. The zero-order valence-corrected chi connectivity index (χ0v) is 5.79. The van der Waals surface area contributed by atoms with Gasteiger partial charge in [-0.1, -0.05) is 0 Å². The molecule has 0 aromatic heterocycles. The van der Waals surface area contributed by atoms with Gasteiger partial charge >= 0.3 is 0 Å². The molecule has 0 saturated carbocycles. The van der Waals surface area contributed by atoms with Gasteiger partial charge in [-0.3, -0.25) is 0 Å². The standard InChI is InChI=1S/C6H8OS/c1-5-3-6(2)7-8-4-5/h3-4H,1-2H3. The van der Waals surface area contributed by atoms with Crippen molar-refractivity contribution in [3.05, 3.63) is 22.8 Å². The van der Waals surface area contributed by atoms with Crippen LogP contribution in [0.2, 0.25) is 0 Å². The van der Waals surface area contributed by atoms with Crippen LogP contribution in [-0.4, -0.2) is 0 Å². The highest BCUT2D eigenvalue weighted by atomic mass is 32.2. The van der Waals surface area contributed by atoms with Crippen LogP contribution < -0.4 is 0 Å². The zero-order chi connectivity index (χ0) is 5.98. The average molecular weight is 128 g/mol. The Morgan fingerprint density at radius 1 is 1.50 bits per heavy atom. The van der Waals surface area contributed by atoms with E-state index in [1.807, 2.05) is 18.4 Å². The fourth-order valence-electron chi connectivity index (χ4n) is 0.555. The molecule has 0 unspecified atom stereocenters. The second-order valence-corrected chi connectivity index (χ2v) is 2.39. The highest BCUT2D eigenvalue weighted by Gasteiger charge is 1.96. The molecule has 0 amide bonds. The van der Waals surface area contributed by atoms with Crippen LogP contribution in [0, 0.1) is 0 Å². The molecular formula is C6H8OS. The number of allylic oxidation sites excluding steroid dienone is 3. The summed E-state index contributed by atoms with van der Waals surface area (Å²) in [5.41, 5.74) is 1.26. The lowest BCUT2D eigenvalue weighted by Gasteiger charge is -2.05. The summed E-state index contributed by atoms with van der Waals surface area (Å²) in [5, 5.41) is 1.98. The van der Waals surface area contributed by atoms with Crippen molar-refractivity contribution in [3.8, 4) is 0 Å². The number of rotatable bonds is 0. The molecule has 0 aliphatic carbocycles. The first kappa shape index (κ1) is 5.76. The summed E-state index contributed by atoms with van der Waals surface area (Å²) in [6, 6.07) is 0. The van der Waals surface area contributed by atoms with E-state index in [0.29, 0.717) is 0 Å². The summed E-state index contributed by atoms with van der Waals surface area (Å²) in [6.07, 6.45) is 2.01. The molecule has 0 aromatic carbocycles. The third kappa shape index (κ3) is 1.30. The van der Waals surface area contributed by atoms with Crippen molar-refractivity contribution in [3.63, 3.8) is 0 Å². The maximum absolute atomic E-state index is 5.05. The van der Waals surface area contributed by atoms with Gasteiger partial charge in [0.05, 0.1) is 12.0 Å². The highest BCUT2D eigenvalue weighted by Crippen LogP contribution is 2.20. The van der Waals surface area contributed by atoms with Gasteiger partial charge in [0.2, 0.25) is 0 Å². The summed E-state index contributed by atoms with van der Waals surface area (Å²) in [5.74, 6) is 0.981. The van der Waals surface area contributed by atoms with Crippen LogP contribution in [0.3, 0.4) is 0 Å². The van der Waals surface area contributed by atoms with Gasteiger partial charge in [-0.15, -0.1) is 0 Å². The van der Waals surface area contributed by atoms with E-state index in [9.17, 15) is 0 Å². The van der Waals surface area contributed by atoms with E-state index >= 15 is 0 Å². The second kappa shape index (κ2) is 2.27. The average Bonchev–Trinajstić information content (AvgIpc) is 1.64. The lowest BCUT2D eigenvalue weighted by molar-refractivity contribution is 0.502. The number of hydrogen-bond donors (Lipinski definition) is 0. The largest absolute Gasteiger partial charge is 0.426 e. The lowest BCUT2D eigenvalue weighted by Crippen LogP contribution is -1.82. The molecule has 0 spiro atoms.